The molecule has 1 aliphatic rings. The van der Waals surface area contributed by atoms with Crippen molar-refractivity contribution in [1.29, 1.82) is 0 Å². The van der Waals surface area contributed by atoms with Gasteiger partial charge in [0.1, 0.15) is 0 Å². The molecule has 0 bridgehead atoms. The molecule has 3 N–H and O–H groups in total. The molecule has 124 valence electrons. The first-order valence-corrected chi connectivity index (χ1v) is 8.05. The molecule has 1 aliphatic heterocycles. The molecule has 1 aromatic carbocycles. The molecule has 0 radical (unpaired) electrons. The second kappa shape index (κ2) is 10.8. The second-order valence-electron chi connectivity index (χ2n) is 5.58. The molecular formula is C17H28IN3O. The fraction of sp³-hybridized carbons (Fsp3) is 0.588. The van der Waals surface area contributed by atoms with Crippen LogP contribution < -0.4 is 11.1 Å². The van der Waals surface area contributed by atoms with Crippen molar-refractivity contribution in [2.45, 2.75) is 51.6 Å². The van der Waals surface area contributed by atoms with E-state index in [1.165, 1.54) is 24.8 Å². The number of hydrogen-bond donors (Lipinski definition) is 2. The maximum atomic E-state index is 5.92. The second-order valence-corrected chi connectivity index (χ2v) is 5.58. The Balaban J connectivity index is 0.00000242. The maximum Gasteiger partial charge on any atom is 0.193 e. The Kier molecular flexibility index (Phi) is 9.47. The Morgan fingerprint density at radius 1 is 1.41 bits per heavy atom. The minimum atomic E-state index is 0. The molecule has 22 heavy (non-hydrogen) atoms. The molecule has 0 aliphatic carbocycles. The first-order chi connectivity index (χ1) is 10.3. The highest BCUT2D eigenvalue weighted by Gasteiger charge is 2.12. The van der Waals surface area contributed by atoms with E-state index in [0.29, 0.717) is 12.1 Å². The average Bonchev–Trinajstić information content (AvgIpc) is 2.53. The van der Waals surface area contributed by atoms with Gasteiger partial charge in [-0.15, -0.1) is 24.0 Å². The van der Waals surface area contributed by atoms with Crippen LogP contribution in [0.5, 0.6) is 0 Å². The van der Waals surface area contributed by atoms with E-state index in [0.717, 1.165) is 38.1 Å². The topological polar surface area (TPSA) is 59.6 Å². The highest BCUT2D eigenvalue weighted by atomic mass is 127. The standard InChI is InChI=1S/C17H27N3O.HI/c1-2-14-7-5-8-15(13-14)20-17(18)19-11-6-10-16-9-3-4-12-21-16;/h5,7-8,13,16H,2-4,6,9-12H2,1H3,(H3,18,19,20);1H. The predicted molar refractivity (Wildman–Crippen MR) is 104 cm³/mol. The number of benzene rings is 1. The lowest BCUT2D eigenvalue weighted by Crippen LogP contribution is -2.23. The Bertz CT molecular complexity index is 459. The summed E-state index contributed by atoms with van der Waals surface area (Å²) in [4.78, 5) is 4.39. The summed E-state index contributed by atoms with van der Waals surface area (Å²) in [6.07, 6.45) is 7.27. The summed E-state index contributed by atoms with van der Waals surface area (Å²) in [5.74, 6) is 0.493. The molecule has 1 saturated heterocycles. The minimum Gasteiger partial charge on any atom is -0.378 e. The zero-order valence-corrected chi connectivity index (χ0v) is 15.7. The summed E-state index contributed by atoms with van der Waals surface area (Å²) in [5.41, 5.74) is 8.22. The van der Waals surface area contributed by atoms with Crippen LogP contribution in [-0.4, -0.2) is 25.2 Å². The molecular weight excluding hydrogens is 389 g/mol. The van der Waals surface area contributed by atoms with Gasteiger partial charge < -0.3 is 15.8 Å². The lowest BCUT2D eigenvalue weighted by Gasteiger charge is -2.22. The van der Waals surface area contributed by atoms with E-state index in [1.54, 1.807) is 0 Å². The van der Waals surface area contributed by atoms with Gasteiger partial charge in [-0.25, -0.2) is 0 Å². The van der Waals surface area contributed by atoms with E-state index in [2.05, 4.69) is 29.4 Å². The molecule has 1 aromatic rings. The van der Waals surface area contributed by atoms with Crippen LogP contribution in [0.15, 0.2) is 29.3 Å². The number of aryl methyl sites for hydroxylation is 1. The smallest absolute Gasteiger partial charge is 0.193 e. The number of anilines is 1. The van der Waals surface area contributed by atoms with E-state index in [-0.39, 0.29) is 24.0 Å². The molecule has 1 fully saturated rings. The van der Waals surface area contributed by atoms with Gasteiger partial charge in [-0.2, -0.15) is 0 Å². The van der Waals surface area contributed by atoms with Crippen LogP contribution in [-0.2, 0) is 11.2 Å². The van der Waals surface area contributed by atoms with Crippen LogP contribution >= 0.6 is 24.0 Å². The summed E-state index contributed by atoms with van der Waals surface area (Å²) in [5, 5.41) is 3.15. The number of nitrogens with one attached hydrogen (secondary N) is 1. The van der Waals surface area contributed by atoms with Gasteiger partial charge in [0.05, 0.1) is 6.10 Å². The number of aliphatic imine (C=N–C) groups is 1. The first kappa shape index (κ1) is 19.2. The third kappa shape index (κ3) is 6.96. The summed E-state index contributed by atoms with van der Waals surface area (Å²) < 4.78 is 5.71. The highest BCUT2D eigenvalue weighted by Crippen LogP contribution is 2.16. The van der Waals surface area contributed by atoms with Crippen molar-refractivity contribution in [1.82, 2.24) is 0 Å². The SMILES string of the molecule is CCc1cccc(NC(N)=NCCCC2CCCCO2)c1.I. The van der Waals surface area contributed by atoms with Crippen molar-refractivity contribution in [2.75, 3.05) is 18.5 Å². The van der Waals surface area contributed by atoms with E-state index in [9.17, 15) is 0 Å². The van der Waals surface area contributed by atoms with E-state index in [1.807, 2.05) is 12.1 Å². The third-order valence-electron chi connectivity index (χ3n) is 3.85. The van der Waals surface area contributed by atoms with Gasteiger partial charge in [0.25, 0.3) is 0 Å². The van der Waals surface area contributed by atoms with Crippen LogP contribution in [0.3, 0.4) is 0 Å². The van der Waals surface area contributed by atoms with Crippen LogP contribution in [0.25, 0.3) is 0 Å². The highest BCUT2D eigenvalue weighted by molar-refractivity contribution is 14.0. The van der Waals surface area contributed by atoms with Crippen molar-refractivity contribution in [2.24, 2.45) is 10.7 Å². The number of nitrogens with two attached hydrogens (primary N) is 1. The largest absolute Gasteiger partial charge is 0.378 e. The van der Waals surface area contributed by atoms with Gasteiger partial charge in [-0.05, 0) is 56.2 Å². The number of ether oxygens (including phenoxy) is 1. The average molecular weight is 417 g/mol. The van der Waals surface area contributed by atoms with Gasteiger partial charge >= 0.3 is 0 Å². The van der Waals surface area contributed by atoms with Gasteiger partial charge in [0.15, 0.2) is 5.96 Å². The molecule has 1 heterocycles. The Labute approximate surface area is 150 Å². The summed E-state index contributed by atoms with van der Waals surface area (Å²) >= 11 is 0. The molecule has 4 nitrogen and oxygen atoms in total. The molecule has 0 spiro atoms. The minimum absolute atomic E-state index is 0. The van der Waals surface area contributed by atoms with Crippen LogP contribution in [0.4, 0.5) is 5.69 Å². The van der Waals surface area contributed by atoms with Gasteiger partial charge in [0.2, 0.25) is 0 Å². The quantitative estimate of drug-likeness (QED) is 0.319. The van der Waals surface area contributed by atoms with Gasteiger partial charge in [-0.3, -0.25) is 4.99 Å². The van der Waals surface area contributed by atoms with Crippen LogP contribution in [0.1, 0.15) is 44.6 Å². The monoisotopic (exact) mass is 417 g/mol. The predicted octanol–water partition coefficient (Wildman–Crippen LogP) is 3.94. The third-order valence-corrected chi connectivity index (χ3v) is 3.85. The Morgan fingerprint density at radius 2 is 2.27 bits per heavy atom. The van der Waals surface area contributed by atoms with Crippen LogP contribution in [0.2, 0.25) is 0 Å². The zero-order chi connectivity index (χ0) is 14.9. The summed E-state index contributed by atoms with van der Waals surface area (Å²) in [6, 6.07) is 8.27. The van der Waals surface area contributed by atoms with Crippen LogP contribution in [0, 0.1) is 0 Å². The Morgan fingerprint density at radius 3 is 3.00 bits per heavy atom. The first-order valence-electron chi connectivity index (χ1n) is 8.05. The molecule has 0 saturated carbocycles. The summed E-state index contributed by atoms with van der Waals surface area (Å²) in [6.45, 7) is 3.82. The normalized spacial score (nSPS) is 18.6. The molecule has 2 rings (SSSR count). The zero-order valence-electron chi connectivity index (χ0n) is 13.4. The van der Waals surface area contributed by atoms with E-state index in [4.69, 9.17) is 10.5 Å². The number of nitrogens with zero attached hydrogens (tertiary/aromatic N) is 1. The van der Waals surface area contributed by atoms with Crippen molar-refractivity contribution in [3.8, 4) is 0 Å². The van der Waals surface area contributed by atoms with Crippen molar-refractivity contribution in [3.63, 3.8) is 0 Å². The number of hydrogen-bond acceptors (Lipinski definition) is 2. The molecule has 5 heteroatoms. The maximum absolute atomic E-state index is 5.92. The number of rotatable bonds is 6. The lowest BCUT2D eigenvalue weighted by molar-refractivity contribution is 0.0105. The van der Waals surface area contributed by atoms with Gasteiger partial charge in [0, 0.05) is 18.8 Å². The molecule has 1 atom stereocenters. The van der Waals surface area contributed by atoms with E-state index >= 15 is 0 Å². The summed E-state index contributed by atoms with van der Waals surface area (Å²) in [7, 11) is 0. The molecule has 0 aromatic heterocycles. The van der Waals surface area contributed by atoms with Crippen molar-refractivity contribution in [3.05, 3.63) is 29.8 Å². The van der Waals surface area contributed by atoms with E-state index < -0.39 is 0 Å². The molecule has 0 amide bonds. The van der Waals surface area contributed by atoms with Crippen molar-refractivity contribution < 1.29 is 4.74 Å². The number of halogens is 1. The van der Waals surface area contributed by atoms with Crippen molar-refractivity contribution >= 4 is 35.6 Å². The fourth-order valence-electron chi connectivity index (χ4n) is 2.61. The Hall–Kier alpha value is -0.820. The van der Waals surface area contributed by atoms with Gasteiger partial charge in [-0.1, -0.05) is 19.1 Å². The molecule has 1 unspecified atom stereocenters. The number of guanidine groups is 1. The fourth-order valence-corrected chi connectivity index (χ4v) is 2.61. The lowest BCUT2D eigenvalue weighted by atomic mass is 10.1.